The Morgan fingerprint density at radius 3 is 2.80 bits per heavy atom. The molecule has 1 fully saturated rings. The van der Waals surface area contributed by atoms with E-state index in [9.17, 15) is 13.2 Å². The van der Waals surface area contributed by atoms with Crippen molar-refractivity contribution in [2.24, 2.45) is 0 Å². The van der Waals surface area contributed by atoms with Crippen LogP contribution in [0.5, 0.6) is 5.75 Å². The maximum absolute atomic E-state index is 13.5. The maximum atomic E-state index is 13.5. The van der Waals surface area contributed by atoms with Crippen LogP contribution in [0.15, 0.2) is 47.4 Å². The van der Waals surface area contributed by atoms with Gasteiger partial charge in [0, 0.05) is 34.8 Å². The van der Waals surface area contributed by atoms with Crippen molar-refractivity contribution in [1.29, 1.82) is 0 Å². The molecule has 2 N–H and O–H groups in total. The largest absolute Gasteiger partial charge is 0.487 e. The summed E-state index contributed by atoms with van der Waals surface area (Å²) >= 11 is 13.0. The van der Waals surface area contributed by atoms with E-state index >= 15 is 0 Å². The van der Waals surface area contributed by atoms with Crippen LogP contribution in [0.3, 0.4) is 0 Å². The summed E-state index contributed by atoms with van der Waals surface area (Å²) in [5, 5.41) is 12.6. The van der Waals surface area contributed by atoms with E-state index < -0.39 is 22.0 Å². The number of amides is 1. The van der Waals surface area contributed by atoms with Crippen molar-refractivity contribution in [3.05, 3.63) is 63.8 Å². The first kappa shape index (κ1) is 25.7. The van der Waals surface area contributed by atoms with E-state index in [0.29, 0.717) is 29.7 Å². The highest BCUT2D eigenvalue weighted by atomic mass is 35.5. The van der Waals surface area contributed by atoms with E-state index in [1.54, 1.807) is 6.07 Å². The first-order chi connectivity index (χ1) is 16.7. The number of ether oxygens (including phenoxy) is 1. The molecule has 3 aromatic rings. The zero-order chi connectivity index (χ0) is 25.2. The fourth-order valence-corrected chi connectivity index (χ4v) is 6.62. The summed E-state index contributed by atoms with van der Waals surface area (Å²) in [4.78, 5) is 16.9. The second-order valence-electron chi connectivity index (χ2n) is 8.20. The Morgan fingerprint density at radius 1 is 1.23 bits per heavy atom. The van der Waals surface area contributed by atoms with Crippen LogP contribution in [0, 0.1) is 6.92 Å². The lowest BCUT2D eigenvalue weighted by Crippen LogP contribution is -2.46. The average molecular weight is 538 g/mol. The number of aromatic nitrogens is 1. The van der Waals surface area contributed by atoms with E-state index in [-0.39, 0.29) is 41.2 Å². The molecule has 2 aromatic carbocycles. The standard InChI is InChI=1S/C24H25Cl2N3O5S/c1-15-7-8-16-4-2-6-20(23(16)28-15)34-14-17-18(25)9-10-21(22(17)26)35(32,33)29-12-3-5-19(29)24(31)27-11-13-30/h2,4,6-10,19,30H,3,5,11-14H2,1H3,(H,27,31). The number of benzene rings is 2. The molecule has 1 aliphatic rings. The van der Waals surface area contributed by atoms with Crippen molar-refractivity contribution in [3.8, 4) is 5.75 Å². The third-order valence-corrected chi connectivity index (χ3v) is 8.70. The first-order valence-corrected chi connectivity index (χ1v) is 13.3. The van der Waals surface area contributed by atoms with Gasteiger partial charge in [0.1, 0.15) is 28.8 Å². The minimum atomic E-state index is -4.10. The molecule has 0 aliphatic carbocycles. The lowest BCUT2D eigenvalue weighted by Gasteiger charge is -2.24. The molecule has 0 saturated carbocycles. The number of carbonyl (C=O) groups is 1. The summed E-state index contributed by atoms with van der Waals surface area (Å²) in [6, 6.07) is 11.3. The molecular weight excluding hydrogens is 513 g/mol. The van der Waals surface area contributed by atoms with Gasteiger partial charge in [-0.2, -0.15) is 4.31 Å². The molecule has 8 nitrogen and oxygen atoms in total. The summed E-state index contributed by atoms with van der Waals surface area (Å²) in [5.74, 6) is 0.0688. The molecule has 11 heteroatoms. The Bertz CT molecular complexity index is 1370. The maximum Gasteiger partial charge on any atom is 0.245 e. The summed E-state index contributed by atoms with van der Waals surface area (Å²) in [5.41, 5.74) is 1.83. The van der Waals surface area contributed by atoms with E-state index in [2.05, 4.69) is 10.3 Å². The molecule has 1 amide bonds. The number of nitrogens with zero attached hydrogens (tertiary/aromatic N) is 2. The zero-order valence-corrected chi connectivity index (χ0v) is 21.3. The van der Waals surface area contributed by atoms with E-state index in [4.69, 9.17) is 33.0 Å². The van der Waals surface area contributed by atoms with Crippen LogP contribution >= 0.6 is 23.2 Å². The number of aryl methyl sites for hydroxylation is 1. The molecule has 186 valence electrons. The van der Waals surface area contributed by atoms with Gasteiger partial charge in [0.15, 0.2) is 0 Å². The molecule has 2 heterocycles. The number of rotatable bonds is 8. The number of carbonyl (C=O) groups excluding carboxylic acids is 1. The molecule has 4 rings (SSSR count). The number of aliphatic hydroxyl groups is 1. The quantitative estimate of drug-likeness (QED) is 0.453. The van der Waals surface area contributed by atoms with Crippen molar-refractivity contribution < 1.29 is 23.1 Å². The van der Waals surface area contributed by atoms with Crippen molar-refractivity contribution in [3.63, 3.8) is 0 Å². The minimum Gasteiger partial charge on any atom is -0.487 e. The number of halogens is 2. The Kier molecular flexibility index (Phi) is 7.83. The Labute approximate surface area is 213 Å². The summed E-state index contributed by atoms with van der Waals surface area (Å²) in [7, 11) is -4.10. The average Bonchev–Trinajstić information content (AvgIpc) is 3.33. The van der Waals surface area contributed by atoms with Crippen LogP contribution in [0.4, 0.5) is 0 Å². The van der Waals surface area contributed by atoms with Crippen molar-refractivity contribution in [2.75, 3.05) is 19.7 Å². The number of nitrogens with one attached hydrogen (secondary N) is 1. The van der Waals surface area contributed by atoms with Crippen molar-refractivity contribution in [2.45, 2.75) is 37.3 Å². The summed E-state index contributed by atoms with van der Waals surface area (Å²) in [6.07, 6.45) is 0.913. The Morgan fingerprint density at radius 2 is 2.03 bits per heavy atom. The van der Waals surface area contributed by atoms with Gasteiger partial charge in [-0.05, 0) is 44.0 Å². The highest BCUT2D eigenvalue weighted by Gasteiger charge is 2.40. The van der Waals surface area contributed by atoms with Crippen LogP contribution in [0.25, 0.3) is 10.9 Å². The van der Waals surface area contributed by atoms with Crippen molar-refractivity contribution >= 4 is 50.0 Å². The first-order valence-electron chi connectivity index (χ1n) is 11.1. The van der Waals surface area contributed by atoms with Gasteiger partial charge in [-0.1, -0.05) is 41.4 Å². The zero-order valence-electron chi connectivity index (χ0n) is 19.0. The molecule has 0 radical (unpaired) electrons. The Balaban J connectivity index is 1.63. The van der Waals surface area contributed by atoms with Crippen LogP contribution < -0.4 is 10.1 Å². The molecule has 1 saturated heterocycles. The number of hydrogen-bond donors (Lipinski definition) is 2. The topological polar surface area (TPSA) is 109 Å². The molecule has 1 aromatic heterocycles. The fourth-order valence-electron chi connectivity index (χ4n) is 4.10. The number of pyridine rings is 1. The van der Waals surface area contributed by atoms with Crippen LogP contribution in [-0.2, 0) is 21.4 Å². The molecule has 1 atom stereocenters. The molecule has 0 spiro atoms. The van der Waals surface area contributed by atoms with Gasteiger partial charge in [0.05, 0.1) is 11.6 Å². The van der Waals surface area contributed by atoms with Gasteiger partial charge in [-0.3, -0.25) is 4.79 Å². The SMILES string of the molecule is Cc1ccc2cccc(OCc3c(Cl)ccc(S(=O)(=O)N4CCCC4C(=O)NCCO)c3Cl)c2n1. The normalized spacial score (nSPS) is 16.5. The predicted octanol–water partition coefficient (Wildman–Crippen LogP) is 3.69. The molecule has 1 unspecified atom stereocenters. The van der Waals surface area contributed by atoms with Crippen molar-refractivity contribution in [1.82, 2.24) is 14.6 Å². The highest BCUT2D eigenvalue weighted by molar-refractivity contribution is 7.89. The predicted molar refractivity (Wildman–Crippen MR) is 134 cm³/mol. The van der Waals surface area contributed by atoms with Gasteiger partial charge >= 0.3 is 0 Å². The number of sulfonamides is 1. The molecular formula is C24H25Cl2N3O5S. The minimum absolute atomic E-state index is 0.0506. The lowest BCUT2D eigenvalue weighted by atomic mass is 10.2. The number of fused-ring (bicyclic) bond motifs is 1. The van der Waals surface area contributed by atoms with Gasteiger partial charge in [-0.25, -0.2) is 13.4 Å². The van der Waals surface area contributed by atoms with Gasteiger partial charge in [0.2, 0.25) is 15.9 Å². The lowest BCUT2D eigenvalue weighted by molar-refractivity contribution is -0.124. The second kappa shape index (κ2) is 10.7. The summed E-state index contributed by atoms with van der Waals surface area (Å²) in [6.45, 7) is 1.81. The smallest absolute Gasteiger partial charge is 0.245 e. The fraction of sp³-hybridized carbons (Fsp3) is 0.333. The second-order valence-corrected chi connectivity index (χ2v) is 10.8. The Hall–Kier alpha value is -2.43. The number of aliphatic hydroxyl groups excluding tert-OH is 1. The van der Waals surface area contributed by atoms with E-state index in [0.717, 1.165) is 15.4 Å². The third kappa shape index (κ3) is 5.24. The number of hydrogen-bond acceptors (Lipinski definition) is 6. The monoisotopic (exact) mass is 537 g/mol. The van der Waals surface area contributed by atoms with Gasteiger partial charge in [-0.15, -0.1) is 0 Å². The van der Waals surface area contributed by atoms with Crippen LogP contribution in [-0.4, -0.2) is 54.5 Å². The summed E-state index contributed by atoms with van der Waals surface area (Å²) < 4.78 is 34.2. The van der Waals surface area contributed by atoms with Gasteiger partial charge < -0.3 is 15.2 Å². The van der Waals surface area contributed by atoms with Gasteiger partial charge in [0.25, 0.3) is 0 Å². The molecule has 0 bridgehead atoms. The number of para-hydroxylation sites is 1. The molecule has 1 aliphatic heterocycles. The third-order valence-electron chi connectivity index (χ3n) is 5.85. The van der Waals surface area contributed by atoms with Crippen LogP contribution in [0.2, 0.25) is 10.0 Å². The highest BCUT2D eigenvalue weighted by Crippen LogP contribution is 2.36. The molecule has 35 heavy (non-hydrogen) atoms. The van der Waals surface area contributed by atoms with Crippen LogP contribution in [0.1, 0.15) is 24.1 Å². The van der Waals surface area contributed by atoms with E-state index in [1.165, 1.54) is 12.1 Å². The van der Waals surface area contributed by atoms with E-state index in [1.807, 2.05) is 31.2 Å².